The lowest BCUT2D eigenvalue weighted by molar-refractivity contribution is -0.153. The van der Waals surface area contributed by atoms with Gasteiger partial charge in [0.25, 0.3) is 0 Å². The Labute approximate surface area is 491 Å². The van der Waals surface area contributed by atoms with E-state index in [0.29, 0.717) is 84.3 Å². The summed E-state index contributed by atoms with van der Waals surface area (Å²) in [5, 5.41) is 22.7. The number of amides is 3. The Morgan fingerprint density at radius 2 is 0.926 bits per heavy atom. The maximum Gasteiger partial charge on any atom is 0.408 e. The summed E-state index contributed by atoms with van der Waals surface area (Å²) in [7, 11) is 0. The first-order chi connectivity index (χ1) is 36.8. The van der Waals surface area contributed by atoms with E-state index in [-0.39, 0.29) is 83.4 Å². The van der Waals surface area contributed by atoms with E-state index >= 15 is 0 Å². The minimum absolute atomic E-state index is 0. The van der Waals surface area contributed by atoms with E-state index in [9.17, 15) is 43.8 Å². The van der Waals surface area contributed by atoms with Crippen LogP contribution in [-0.2, 0) is 33.4 Å². The molecule has 0 bridgehead atoms. The number of carboxylic acids is 2. The van der Waals surface area contributed by atoms with E-state index in [2.05, 4.69) is 42.8 Å². The van der Waals surface area contributed by atoms with Crippen LogP contribution in [0.15, 0.2) is 12.1 Å². The van der Waals surface area contributed by atoms with Crippen molar-refractivity contribution in [2.45, 2.75) is 250 Å². The normalized spacial score (nSPS) is 23.6. The molecule has 0 unspecified atom stereocenters. The van der Waals surface area contributed by atoms with Crippen molar-refractivity contribution < 1.29 is 58.0 Å². The number of hydrogen-bond acceptors (Lipinski definition) is 13. The van der Waals surface area contributed by atoms with Crippen LogP contribution >= 0.6 is 22.7 Å². The van der Waals surface area contributed by atoms with Crippen molar-refractivity contribution in [2.24, 2.45) is 40.2 Å². The summed E-state index contributed by atoms with van der Waals surface area (Å²) in [6.07, 6.45) is 10.5. The van der Waals surface area contributed by atoms with Crippen LogP contribution in [-0.4, -0.2) is 94.0 Å². The number of rotatable bonds is 13. The third kappa shape index (κ3) is 21.4. The van der Waals surface area contributed by atoms with Gasteiger partial charge in [-0.05, 0) is 203 Å². The lowest BCUT2D eigenvalue weighted by Gasteiger charge is -2.39. The first kappa shape index (κ1) is 69.8. The smallest absolute Gasteiger partial charge is 0.408 e. The number of thiophene rings is 2. The van der Waals surface area contributed by atoms with Crippen molar-refractivity contribution in [2.75, 3.05) is 9.80 Å². The minimum atomic E-state index is -1.08. The lowest BCUT2D eigenvalue weighted by atomic mass is 9.81. The van der Waals surface area contributed by atoms with Crippen LogP contribution in [0.1, 0.15) is 237 Å². The molecule has 4 saturated carbocycles. The molecule has 0 saturated heterocycles. The van der Waals surface area contributed by atoms with Crippen molar-refractivity contribution >= 4 is 75.8 Å². The third-order valence-electron chi connectivity index (χ3n) is 14.7. The molecule has 4 aliphatic rings. The number of nitrogens with one attached hydrogen (secondary N) is 1. The maximum atomic E-state index is 14.1. The summed E-state index contributed by atoms with van der Waals surface area (Å²) >= 11 is 2.23. The van der Waals surface area contributed by atoms with E-state index < -0.39 is 47.7 Å². The van der Waals surface area contributed by atoms with Gasteiger partial charge >= 0.3 is 30.0 Å². The van der Waals surface area contributed by atoms with Crippen molar-refractivity contribution in [1.82, 2.24) is 5.32 Å². The Hall–Kier alpha value is -5.43. The number of alkyl carbamates (subject to hydrolysis) is 1. The Kier molecular flexibility index (Phi) is 26.1. The van der Waals surface area contributed by atoms with E-state index in [0.717, 1.165) is 74.0 Å². The van der Waals surface area contributed by atoms with E-state index in [4.69, 9.17) is 19.9 Å². The van der Waals surface area contributed by atoms with Gasteiger partial charge in [-0.3, -0.25) is 14.4 Å². The molecule has 452 valence electrons. The summed E-state index contributed by atoms with van der Waals surface area (Å²) < 4.78 is 16.5. The summed E-state index contributed by atoms with van der Waals surface area (Å²) in [6, 6.07) is 1.60. The average molecular weight is 1170 g/mol. The minimum Gasteiger partial charge on any atom is -0.477 e. The van der Waals surface area contributed by atoms with Gasteiger partial charge in [0.15, 0.2) is 0 Å². The molecular formula is C63H96N4O12S2. The van der Waals surface area contributed by atoms with Crippen LogP contribution in [0, 0.1) is 58.2 Å². The highest BCUT2D eigenvalue weighted by molar-refractivity contribution is 7.15. The molecule has 3 amide bonds. The second-order valence-corrected chi connectivity index (χ2v) is 27.6. The highest BCUT2D eigenvalue weighted by Gasteiger charge is 2.41. The summed E-state index contributed by atoms with van der Waals surface area (Å²) in [5.41, 5.74) is 5.34. The molecule has 2 heterocycles. The van der Waals surface area contributed by atoms with Gasteiger partial charge in [0, 0.05) is 34.7 Å². The Balaban J connectivity index is 0.000000421. The highest BCUT2D eigenvalue weighted by Crippen LogP contribution is 2.41. The third-order valence-corrected chi connectivity index (χ3v) is 16.8. The summed E-state index contributed by atoms with van der Waals surface area (Å²) in [6.45, 7) is 24.8. The van der Waals surface area contributed by atoms with Gasteiger partial charge in [0.1, 0.15) is 39.6 Å². The predicted molar refractivity (Wildman–Crippen MR) is 323 cm³/mol. The number of esters is 2. The molecule has 0 radical (unpaired) electrons. The molecule has 0 spiro atoms. The molecule has 16 nitrogen and oxygen atoms in total. The summed E-state index contributed by atoms with van der Waals surface area (Å²) in [4.78, 5) is 94.5. The van der Waals surface area contributed by atoms with Gasteiger partial charge in [-0.1, -0.05) is 52.4 Å². The first-order valence-electron chi connectivity index (χ1n) is 28.4. The molecule has 4 aliphatic carbocycles. The number of hydrogen-bond donors (Lipinski definition) is 4. The molecule has 2 aromatic heterocycles. The molecule has 0 aromatic carbocycles. The number of aromatic carboxylic acids is 2. The van der Waals surface area contributed by atoms with Crippen LogP contribution in [0.5, 0.6) is 0 Å². The maximum absolute atomic E-state index is 14.1. The van der Waals surface area contributed by atoms with Crippen LogP contribution < -0.4 is 20.9 Å². The molecular weight excluding hydrogens is 1070 g/mol. The Bertz CT molecular complexity index is 2600. The first-order valence-corrected chi connectivity index (χ1v) is 30.0. The van der Waals surface area contributed by atoms with Gasteiger partial charge in [-0.15, -0.1) is 22.7 Å². The standard InChI is InChI=1S/C33H48N2O7S.C28H40N2O5S.2CH4/c1-20-9-11-22(12-10-20)28(36)35(26-19-25(17-18-32(3,4)5)43-27(26)29(37)38)23-13-15-24(16-14-23)41-30(39)21(2)34-31(40)42-33(6,7)8;1-17-6-8-19(9-7-17)25(31)30(20-10-12-21(13-11-20)35-27(34)18(2)29)23-16-22(14-15-28(3,4)5)36-24(23)26(32)33;;/h19-24H,9-16H2,1-8H3,(H,34,40)(H,37,38);16-21H,6-13,29H2,1-5H3,(H,32,33);2*1H4/t20?,21-,22?,23?,24?;17?,18-,19?,20?,21?;;/m00../s1. The van der Waals surface area contributed by atoms with Gasteiger partial charge in [-0.25, -0.2) is 19.2 Å². The monoisotopic (exact) mass is 1160 g/mol. The van der Waals surface area contributed by atoms with Crippen molar-refractivity contribution in [3.63, 3.8) is 0 Å². The predicted octanol–water partition coefficient (Wildman–Crippen LogP) is 13.2. The van der Waals surface area contributed by atoms with E-state index in [1.165, 1.54) is 0 Å². The Morgan fingerprint density at radius 3 is 1.23 bits per heavy atom. The van der Waals surface area contributed by atoms with Gasteiger partial charge < -0.3 is 45.3 Å². The number of carbonyl (C=O) groups excluding carboxylic acids is 5. The second kappa shape index (κ2) is 30.2. The molecule has 6 rings (SSSR count). The fraction of sp³-hybridized carbons (Fsp3) is 0.698. The number of carbonyl (C=O) groups is 7. The van der Waals surface area contributed by atoms with E-state index in [1.54, 1.807) is 56.6 Å². The zero-order chi connectivity index (χ0) is 58.7. The second-order valence-electron chi connectivity index (χ2n) is 25.5. The molecule has 2 atom stereocenters. The highest BCUT2D eigenvalue weighted by atomic mass is 32.1. The van der Waals surface area contributed by atoms with Crippen molar-refractivity contribution in [3.8, 4) is 23.7 Å². The average Bonchev–Trinajstić information content (AvgIpc) is 4.23. The zero-order valence-corrected chi connectivity index (χ0v) is 50.6. The number of nitrogens with two attached hydrogens (primary N) is 1. The van der Waals surface area contributed by atoms with Gasteiger partial charge in [0.05, 0.1) is 21.1 Å². The van der Waals surface area contributed by atoms with Crippen LogP contribution in [0.4, 0.5) is 16.2 Å². The van der Waals surface area contributed by atoms with E-state index in [1.807, 2.05) is 41.5 Å². The molecule has 2 aromatic rings. The van der Waals surface area contributed by atoms with Crippen molar-refractivity contribution in [1.29, 1.82) is 0 Å². The molecule has 4 fully saturated rings. The van der Waals surface area contributed by atoms with Gasteiger partial charge in [0.2, 0.25) is 11.8 Å². The van der Waals surface area contributed by atoms with Crippen molar-refractivity contribution in [3.05, 3.63) is 31.6 Å². The lowest BCUT2D eigenvalue weighted by Crippen LogP contribution is -2.48. The quantitative estimate of drug-likeness (QED) is 0.0831. The number of anilines is 2. The SMILES string of the molecule is C.C.CC1CCC(C(=O)N(c2cc(C#CC(C)(C)C)sc2C(=O)O)C2CCC(OC(=O)[C@H](C)N)CC2)CC1.CC1CCC(C(=O)N(c2cc(C#CC(C)(C)C)sc2C(=O)O)C2CCC(OC(=O)[C@H](C)NC(=O)OC(C)(C)C)CC2)CC1. The van der Waals surface area contributed by atoms with Gasteiger partial charge in [-0.2, -0.15) is 0 Å². The molecule has 18 heteroatoms. The van der Waals surface area contributed by atoms with Crippen LogP contribution in [0.3, 0.4) is 0 Å². The number of nitrogens with zero attached hydrogens (tertiary/aromatic N) is 2. The van der Waals surface area contributed by atoms with Crippen LogP contribution in [0.25, 0.3) is 0 Å². The number of ether oxygens (including phenoxy) is 3. The number of carboxylic acid groups (broad SMARTS) is 2. The fourth-order valence-corrected chi connectivity index (χ4v) is 12.1. The Morgan fingerprint density at radius 1 is 0.580 bits per heavy atom. The zero-order valence-electron chi connectivity index (χ0n) is 49.0. The molecule has 5 N–H and O–H groups in total. The summed E-state index contributed by atoms with van der Waals surface area (Å²) in [5.74, 6) is 10.4. The van der Waals surface area contributed by atoms with Crippen LogP contribution in [0.2, 0.25) is 0 Å². The molecule has 0 aliphatic heterocycles. The largest absolute Gasteiger partial charge is 0.477 e. The topological polar surface area (TPSA) is 232 Å². The molecule has 81 heavy (non-hydrogen) atoms. The fourth-order valence-electron chi connectivity index (χ4n) is 10.4.